The summed E-state index contributed by atoms with van der Waals surface area (Å²) in [6.07, 6.45) is 1.28. The first-order valence-electron chi connectivity index (χ1n) is 8.00. The molecule has 1 aliphatic heterocycles. The Labute approximate surface area is 174 Å². The molecule has 1 saturated heterocycles. The van der Waals surface area contributed by atoms with Crippen LogP contribution < -0.4 is 10.2 Å². The number of nitrogens with zero attached hydrogens (tertiary/aromatic N) is 2. The highest BCUT2D eigenvalue weighted by Crippen LogP contribution is 2.34. The number of hydrazine groups is 1. The van der Waals surface area contributed by atoms with Crippen molar-refractivity contribution in [1.29, 1.82) is 0 Å². The maximum atomic E-state index is 12.6. The number of nitro groups is 1. The first-order valence-corrected chi connectivity index (χ1v) is 9.23. The molecule has 11 heteroatoms. The number of rotatable bonds is 5. The van der Waals surface area contributed by atoms with Gasteiger partial charge in [-0.3, -0.25) is 25.1 Å². The van der Waals surface area contributed by atoms with Crippen molar-refractivity contribution in [2.75, 3.05) is 7.11 Å². The Morgan fingerprint density at radius 3 is 2.62 bits per heavy atom. The van der Waals surface area contributed by atoms with Crippen LogP contribution in [0.25, 0.3) is 6.08 Å². The maximum absolute atomic E-state index is 12.6. The lowest BCUT2D eigenvalue weighted by molar-refractivity contribution is -0.384. The van der Waals surface area contributed by atoms with Crippen LogP contribution >= 0.6 is 24.0 Å². The second-order valence-electron chi connectivity index (χ2n) is 5.69. The number of thiocarbonyl (C=S) groups is 1. The fourth-order valence-corrected chi connectivity index (χ4v) is 3.56. The molecule has 2 N–H and O–H groups in total. The van der Waals surface area contributed by atoms with Crippen LogP contribution in [0.2, 0.25) is 0 Å². The standard InChI is InChI=1S/C18H13N3O6S2/c1-27-13-5-2-10(3-6-13)16(23)19-20-17(24)15(29-18(20)28)9-11-8-12(21(25)26)4-7-14(11)22/h2-9,22H,1H3,(H,19,23)/b15-9+. The maximum Gasteiger partial charge on any atom is 0.285 e. The first-order chi connectivity index (χ1) is 13.8. The number of nitro benzene ring substituents is 1. The van der Waals surface area contributed by atoms with Crippen molar-refractivity contribution >= 4 is 51.9 Å². The zero-order valence-electron chi connectivity index (χ0n) is 14.8. The molecule has 1 fully saturated rings. The zero-order valence-corrected chi connectivity index (χ0v) is 16.5. The van der Waals surface area contributed by atoms with Crippen molar-refractivity contribution in [3.8, 4) is 11.5 Å². The zero-order chi connectivity index (χ0) is 21.1. The van der Waals surface area contributed by atoms with Crippen LogP contribution in [-0.4, -0.2) is 38.3 Å². The van der Waals surface area contributed by atoms with Crippen LogP contribution in [-0.2, 0) is 4.79 Å². The molecule has 3 rings (SSSR count). The molecule has 2 aromatic rings. The Balaban J connectivity index is 1.80. The molecule has 9 nitrogen and oxygen atoms in total. The second kappa shape index (κ2) is 8.29. The number of aromatic hydroxyl groups is 1. The van der Waals surface area contributed by atoms with Gasteiger partial charge in [-0.15, -0.1) is 0 Å². The van der Waals surface area contributed by atoms with E-state index in [0.717, 1.165) is 35.0 Å². The van der Waals surface area contributed by atoms with Crippen molar-refractivity contribution < 1.29 is 24.4 Å². The van der Waals surface area contributed by atoms with Crippen LogP contribution in [0, 0.1) is 10.1 Å². The first kappa shape index (κ1) is 20.3. The molecule has 0 radical (unpaired) electrons. The van der Waals surface area contributed by atoms with Crippen LogP contribution in [0.1, 0.15) is 15.9 Å². The van der Waals surface area contributed by atoms with Gasteiger partial charge in [-0.05, 0) is 48.6 Å². The third-order valence-corrected chi connectivity index (χ3v) is 5.17. The van der Waals surface area contributed by atoms with Gasteiger partial charge >= 0.3 is 0 Å². The molecule has 0 saturated carbocycles. The van der Waals surface area contributed by atoms with E-state index in [1.54, 1.807) is 12.1 Å². The Bertz CT molecular complexity index is 1050. The van der Waals surface area contributed by atoms with Crippen molar-refractivity contribution in [2.24, 2.45) is 0 Å². The highest BCUT2D eigenvalue weighted by Gasteiger charge is 2.34. The van der Waals surface area contributed by atoms with E-state index < -0.39 is 16.7 Å². The Morgan fingerprint density at radius 1 is 1.31 bits per heavy atom. The average Bonchev–Trinajstić information content (AvgIpc) is 2.96. The summed E-state index contributed by atoms with van der Waals surface area (Å²) in [5.74, 6) is -0.828. The minimum Gasteiger partial charge on any atom is -0.507 e. The minimum atomic E-state index is -0.618. The topological polar surface area (TPSA) is 122 Å². The molecule has 2 amide bonds. The molecule has 1 aliphatic rings. The van der Waals surface area contributed by atoms with E-state index in [9.17, 15) is 24.8 Å². The van der Waals surface area contributed by atoms with E-state index in [1.165, 1.54) is 25.3 Å². The Hall–Kier alpha value is -3.44. The molecular weight excluding hydrogens is 418 g/mol. The minimum absolute atomic E-state index is 0.0769. The fraction of sp³-hybridized carbons (Fsp3) is 0.0556. The number of hydrogen-bond acceptors (Lipinski definition) is 8. The van der Waals surface area contributed by atoms with Gasteiger partial charge in [-0.25, -0.2) is 0 Å². The summed E-state index contributed by atoms with van der Waals surface area (Å²) in [7, 11) is 1.50. The lowest BCUT2D eigenvalue weighted by atomic mass is 10.1. The van der Waals surface area contributed by atoms with E-state index in [-0.39, 0.29) is 26.2 Å². The molecule has 0 bridgehead atoms. The number of phenolic OH excluding ortho intramolecular Hbond substituents is 1. The summed E-state index contributed by atoms with van der Waals surface area (Å²) in [4.78, 5) is 35.4. The molecule has 2 aromatic carbocycles. The largest absolute Gasteiger partial charge is 0.507 e. The van der Waals surface area contributed by atoms with Gasteiger partial charge in [0.05, 0.1) is 16.9 Å². The van der Waals surface area contributed by atoms with Gasteiger partial charge in [-0.1, -0.05) is 11.8 Å². The van der Waals surface area contributed by atoms with Crippen molar-refractivity contribution in [2.45, 2.75) is 0 Å². The van der Waals surface area contributed by atoms with E-state index in [4.69, 9.17) is 17.0 Å². The van der Waals surface area contributed by atoms with Gasteiger partial charge in [-0.2, -0.15) is 5.01 Å². The van der Waals surface area contributed by atoms with Crippen molar-refractivity contribution in [3.05, 3.63) is 68.6 Å². The summed E-state index contributed by atoms with van der Waals surface area (Å²) in [5, 5.41) is 21.7. The van der Waals surface area contributed by atoms with Crippen LogP contribution in [0.15, 0.2) is 47.4 Å². The highest BCUT2D eigenvalue weighted by atomic mass is 32.2. The Kier molecular flexibility index (Phi) is 5.80. The van der Waals surface area contributed by atoms with Gasteiger partial charge in [0, 0.05) is 23.3 Å². The van der Waals surface area contributed by atoms with E-state index >= 15 is 0 Å². The highest BCUT2D eigenvalue weighted by molar-refractivity contribution is 8.26. The molecule has 29 heavy (non-hydrogen) atoms. The molecule has 148 valence electrons. The lowest BCUT2D eigenvalue weighted by Crippen LogP contribution is -2.44. The molecule has 0 atom stereocenters. The normalized spacial score (nSPS) is 14.9. The van der Waals surface area contributed by atoms with Crippen molar-refractivity contribution in [3.63, 3.8) is 0 Å². The molecule has 0 spiro atoms. The SMILES string of the molecule is COc1ccc(C(=O)NN2C(=O)/C(=C\c3cc([N+](=O)[O-])ccc3O)SC2=S)cc1. The number of ether oxygens (including phenoxy) is 1. The second-order valence-corrected chi connectivity index (χ2v) is 7.36. The summed E-state index contributed by atoms with van der Waals surface area (Å²) < 4.78 is 5.11. The molecule has 0 unspecified atom stereocenters. The number of amides is 2. The number of nitrogens with one attached hydrogen (secondary N) is 1. The third kappa shape index (κ3) is 4.36. The fourth-order valence-electron chi connectivity index (χ4n) is 2.38. The number of hydrogen-bond donors (Lipinski definition) is 2. The number of non-ortho nitro benzene ring substituents is 1. The number of carbonyl (C=O) groups is 2. The number of carbonyl (C=O) groups excluding carboxylic acids is 2. The molecular formula is C18H13N3O6S2. The van der Waals surface area contributed by atoms with Crippen LogP contribution in [0.3, 0.4) is 0 Å². The smallest absolute Gasteiger partial charge is 0.285 e. The number of thioether (sulfide) groups is 1. The Morgan fingerprint density at radius 2 is 2.00 bits per heavy atom. The number of phenols is 1. The number of methoxy groups -OCH3 is 1. The van der Waals surface area contributed by atoms with E-state index in [1.807, 2.05) is 0 Å². The van der Waals surface area contributed by atoms with E-state index in [2.05, 4.69) is 5.43 Å². The van der Waals surface area contributed by atoms with Gasteiger partial charge in [0.2, 0.25) is 0 Å². The van der Waals surface area contributed by atoms with E-state index in [0.29, 0.717) is 11.3 Å². The molecule has 0 aliphatic carbocycles. The molecule has 0 aromatic heterocycles. The summed E-state index contributed by atoms with van der Waals surface area (Å²) in [6, 6.07) is 9.71. The van der Waals surface area contributed by atoms with Gasteiger partial charge in [0.1, 0.15) is 11.5 Å². The average molecular weight is 431 g/mol. The summed E-state index contributed by atoms with van der Waals surface area (Å²) in [5.41, 5.74) is 2.56. The van der Waals surface area contributed by atoms with Crippen LogP contribution in [0.4, 0.5) is 5.69 Å². The predicted molar refractivity (Wildman–Crippen MR) is 110 cm³/mol. The quantitative estimate of drug-likeness (QED) is 0.321. The summed E-state index contributed by atoms with van der Waals surface area (Å²) >= 11 is 6.04. The monoisotopic (exact) mass is 431 g/mol. The number of benzene rings is 2. The van der Waals surface area contributed by atoms with Crippen LogP contribution in [0.5, 0.6) is 11.5 Å². The van der Waals surface area contributed by atoms with Gasteiger partial charge in [0.25, 0.3) is 17.5 Å². The molecule has 1 heterocycles. The lowest BCUT2D eigenvalue weighted by Gasteiger charge is -2.15. The van der Waals surface area contributed by atoms with Gasteiger partial charge < -0.3 is 9.84 Å². The van der Waals surface area contributed by atoms with Crippen molar-refractivity contribution in [1.82, 2.24) is 10.4 Å². The summed E-state index contributed by atoms with van der Waals surface area (Å²) in [6.45, 7) is 0. The van der Waals surface area contributed by atoms with Gasteiger partial charge in [0.15, 0.2) is 4.32 Å². The third-order valence-electron chi connectivity index (χ3n) is 3.87. The predicted octanol–water partition coefficient (Wildman–Crippen LogP) is 2.86.